The molecule has 0 bridgehead atoms. The zero-order chi connectivity index (χ0) is 31.0. The molecule has 0 saturated carbocycles. The molecule has 0 unspecified atom stereocenters. The van der Waals surface area contributed by atoms with E-state index in [2.05, 4.69) is 5.32 Å². The Morgan fingerprint density at radius 2 is 1.50 bits per heavy atom. The van der Waals surface area contributed by atoms with Crippen molar-refractivity contribution in [2.24, 2.45) is 0 Å². The second-order valence-corrected chi connectivity index (χ2v) is 9.58. The van der Waals surface area contributed by atoms with Crippen LogP contribution in [0.1, 0.15) is 28.2 Å². The van der Waals surface area contributed by atoms with E-state index in [9.17, 15) is 41.3 Å². The summed E-state index contributed by atoms with van der Waals surface area (Å²) in [6.07, 6.45) is -10.4. The van der Waals surface area contributed by atoms with Gasteiger partial charge in [0.2, 0.25) is 6.54 Å². The SMILES string of the molecule is COc1ccc([C@H](C[N+](=O)[O-])[C@]2(c3ccccc3)NC(=S)N(c3cc(C(F)(F)F)cc(C(F)(F)F)c3)C2=O)cc1OC. The normalized spacial score (nSPS) is 18.0. The second-order valence-electron chi connectivity index (χ2n) is 9.19. The van der Waals surface area contributed by atoms with E-state index in [1.165, 1.54) is 56.7 Å². The molecule has 1 fully saturated rings. The van der Waals surface area contributed by atoms with Crippen LogP contribution in [-0.2, 0) is 22.7 Å². The fourth-order valence-corrected chi connectivity index (χ4v) is 5.24. The number of methoxy groups -OCH3 is 2. The third kappa shape index (κ3) is 5.55. The fraction of sp³-hybridized carbons (Fsp3) is 0.259. The number of carbonyl (C=O) groups excluding carboxylic acids is 1. The maximum atomic E-state index is 14.4. The van der Waals surface area contributed by atoms with Crippen LogP contribution in [0.25, 0.3) is 0 Å². The first-order valence-corrected chi connectivity index (χ1v) is 12.4. The summed E-state index contributed by atoms with van der Waals surface area (Å²) in [5, 5.41) is 14.1. The van der Waals surface area contributed by atoms with Gasteiger partial charge in [-0.25, -0.2) is 0 Å². The molecule has 1 amide bonds. The zero-order valence-corrected chi connectivity index (χ0v) is 22.6. The lowest BCUT2D eigenvalue weighted by Crippen LogP contribution is -2.51. The molecule has 0 aromatic heterocycles. The van der Waals surface area contributed by atoms with Crippen molar-refractivity contribution < 1.29 is 45.5 Å². The van der Waals surface area contributed by atoms with Gasteiger partial charge in [-0.3, -0.25) is 19.8 Å². The van der Waals surface area contributed by atoms with Crippen LogP contribution in [-0.4, -0.2) is 36.7 Å². The molecule has 15 heteroatoms. The second kappa shape index (κ2) is 11.1. The number of halogens is 6. The van der Waals surface area contributed by atoms with Crippen molar-refractivity contribution in [1.29, 1.82) is 0 Å². The highest BCUT2D eigenvalue weighted by molar-refractivity contribution is 7.80. The van der Waals surface area contributed by atoms with E-state index in [4.69, 9.17) is 21.7 Å². The Bertz CT molecular complexity index is 1500. The van der Waals surface area contributed by atoms with Crippen LogP contribution in [0.15, 0.2) is 66.7 Å². The lowest BCUT2D eigenvalue weighted by molar-refractivity contribution is -0.485. The van der Waals surface area contributed by atoms with Gasteiger partial charge in [0, 0.05) is 4.92 Å². The fourth-order valence-electron chi connectivity index (χ4n) is 4.89. The maximum absolute atomic E-state index is 14.4. The summed E-state index contributed by atoms with van der Waals surface area (Å²) in [5.41, 5.74) is -5.96. The molecular formula is C27H21F6N3O5S. The number of hydrogen-bond donors (Lipinski definition) is 1. The quantitative estimate of drug-likeness (QED) is 0.146. The van der Waals surface area contributed by atoms with E-state index in [0.717, 1.165) is 0 Å². The summed E-state index contributed by atoms with van der Waals surface area (Å²) in [6, 6.07) is 12.4. The van der Waals surface area contributed by atoms with Gasteiger partial charge in [-0.1, -0.05) is 36.4 Å². The average Bonchev–Trinajstić information content (AvgIpc) is 3.20. The Morgan fingerprint density at radius 3 is 2.00 bits per heavy atom. The number of nitro groups is 1. The number of ether oxygens (including phenoxy) is 2. The molecule has 1 saturated heterocycles. The van der Waals surface area contributed by atoms with Crippen LogP contribution in [0.5, 0.6) is 11.5 Å². The number of alkyl halides is 6. The summed E-state index contributed by atoms with van der Waals surface area (Å²) >= 11 is 5.31. The molecule has 8 nitrogen and oxygen atoms in total. The molecular weight excluding hydrogens is 592 g/mol. The molecule has 3 aromatic rings. The third-order valence-corrected chi connectivity index (χ3v) is 7.06. The number of thiocarbonyl (C=S) groups is 1. The van der Waals surface area contributed by atoms with Gasteiger partial charge in [0.05, 0.1) is 37.0 Å². The Hall–Kier alpha value is -4.40. The summed E-state index contributed by atoms with van der Waals surface area (Å²) in [4.78, 5) is 26.1. The van der Waals surface area contributed by atoms with E-state index in [-0.39, 0.29) is 28.7 Å². The number of hydrogen-bond acceptors (Lipinski definition) is 6. The lowest BCUT2D eigenvalue weighted by Gasteiger charge is -2.34. The molecule has 42 heavy (non-hydrogen) atoms. The largest absolute Gasteiger partial charge is 0.493 e. The zero-order valence-electron chi connectivity index (χ0n) is 21.7. The Balaban J connectivity index is 1.99. The molecule has 0 radical (unpaired) electrons. The predicted molar refractivity (Wildman–Crippen MR) is 142 cm³/mol. The summed E-state index contributed by atoms with van der Waals surface area (Å²) < 4.78 is 92.4. The van der Waals surface area contributed by atoms with Gasteiger partial charge in [0.15, 0.2) is 22.2 Å². The van der Waals surface area contributed by atoms with E-state index in [1.54, 1.807) is 6.07 Å². The van der Waals surface area contributed by atoms with Gasteiger partial charge >= 0.3 is 12.4 Å². The van der Waals surface area contributed by atoms with Gasteiger partial charge in [-0.2, -0.15) is 26.3 Å². The Kier molecular flexibility index (Phi) is 8.09. The molecule has 1 aliphatic heterocycles. The third-order valence-electron chi connectivity index (χ3n) is 6.77. The lowest BCUT2D eigenvalue weighted by atomic mass is 9.74. The molecule has 4 rings (SSSR count). The van der Waals surface area contributed by atoms with Crippen molar-refractivity contribution in [2.45, 2.75) is 23.8 Å². The molecule has 1 heterocycles. The van der Waals surface area contributed by atoms with Crippen LogP contribution >= 0.6 is 12.2 Å². The van der Waals surface area contributed by atoms with Crippen LogP contribution in [0, 0.1) is 10.1 Å². The van der Waals surface area contributed by atoms with Crippen molar-refractivity contribution in [3.05, 3.63) is 99.1 Å². The number of nitrogens with one attached hydrogen (secondary N) is 1. The minimum absolute atomic E-state index is 0.0792. The number of rotatable bonds is 8. The van der Waals surface area contributed by atoms with E-state index in [0.29, 0.717) is 17.0 Å². The number of nitrogens with zero attached hydrogens (tertiary/aromatic N) is 2. The highest BCUT2D eigenvalue weighted by Gasteiger charge is 2.58. The molecule has 1 N–H and O–H groups in total. The van der Waals surface area contributed by atoms with Crippen LogP contribution in [0.2, 0.25) is 0 Å². The topological polar surface area (TPSA) is 93.9 Å². The van der Waals surface area contributed by atoms with E-state index >= 15 is 0 Å². The van der Waals surface area contributed by atoms with Crippen LogP contribution in [0.3, 0.4) is 0 Å². The minimum Gasteiger partial charge on any atom is -0.493 e. The summed E-state index contributed by atoms with van der Waals surface area (Å²) in [6.45, 7) is -0.893. The molecule has 3 aromatic carbocycles. The van der Waals surface area contributed by atoms with Crippen molar-refractivity contribution >= 4 is 28.9 Å². The molecule has 0 spiro atoms. The Labute approximate surface area is 240 Å². The highest BCUT2D eigenvalue weighted by atomic mass is 32.1. The summed E-state index contributed by atoms with van der Waals surface area (Å²) in [7, 11) is 2.68. The number of anilines is 1. The maximum Gasteiger partial charge on any atom is 0.416 e. The smallest absolute Gasteiger partial charge is 0.416 e. The first-order chi connectivity index (χ1) is 19.6. The molecule has 1 aliphatic rings. The standard InChI is InChI=1S/C27H21F6N3O5S/c1-40-21-9-8-15(10-22(21)41-2)20(14-35(38)39)25(16-6-4-3-5-7-16)23(37)36(24(42)34-25)19-12-17(26(28,29)30)11-18(13-19)27(31,32)33/h3-13,20H,14H2,1-2H3,(H,34,42)/t20-,25-/m0/s1. The van der Waals surface area contributed by atoms with Crippen molar-refractivity contribution in [2.75, 3.05) is 25.7 Å². The van der Waals surface area contributed by atoms with Crippen LogP contribution < -0.4 is 19.7 Å². The van der Waals surface area contributed by atoms with Gasteiger partial charge in [0.1, 0.15) is 0 Å². The van der Waals surface area contributed by atoms with Gasteiger partial charge < -0.3 is 14.8 Å². The van der Waals surface area contributed by atoms with Crippen molar-refractivity contribution in [3.63, 3.8) is 0 Å². The number of benzene rings is 3. The minimum atomic E-state index is -5.20. The van der Waals surface area contributed by atoms with Crippen molar-refractivity contribution in [1.82, 2.24) is 5.32 Å². The van der Waals surface area contributed by atoms with E-state index < -0.39 is 63.1 Å². The average molecular weight is 614 g/mol. The Morgan fingerprint density at radius 1 is 0.929 bits per heavy atom. The highest BCUT2D eigenvalue weighted by Crippen LogP contribution is 2.46. The first-order valence-electron chi connectivity index (χ1n) is 12.0. The van der Waals surface area contributed by atoms with E-state index in [1.807, 2.05) is 0 Å². The molecule has 0 aliphatic carbocycles. The van der Waals surface area contributed by atoms with Crippen LogP contribution in [0.4, 0.5) is 32.0 Å². The monoisotopic (exact) mass is 613 g/mol. The number of carbonyl (C=O) groups is 1. The number of amides is 1. The predicted octanol–water partition coefficient (Wildman–Crippen LogP) is 5.92. The summed E-state index contributed by atoms with van der Waals surface area (Å²) in [5.74, 6) is -2.09. The molecule has 2 atom stereocenters. The van der Waals surface area contributed by atoms with Gasteiger partial charge in [0.25, 0.3) is 5.91 Å². The first kappa shape index (κ1) is 30.6. The van der Waals surface area contributed by atoms with Gasteiger partial charge in [-0.05, 0) is 53.7 Å². The van der Waals surface area contributed by atoms with Crippen molar-refractivity contribution in [3.8, 4) is 11.5 Å². The molecule has 222 valence electrons. The van der Waals surface area contributed by atoms with Gasteiger partial charge in [-0.15, -0.1) is 0 Å².